The fraction of sp³-hybridized carbons (Fsp3) is 0.412. The van der Waals surface area contributed by atoms with E-state index in [0.29, 0.717) is 12.5 Å². The van der Waals surface area contributed by atoms with Gasteiger partial charge in [0.2, 0.25) is 0 Å². The molecule has 0 aliphatic carbocycles. The van der Waals surface area contributed by atoms with E-state index in [9.17, 15) is 4.79 Å². The molecule has 0 bridgehead atoms. The van der Waals surface area contributed by atoms with E-state index < -0.39 is 0 Å². The molecule has 0 radical (unpaired) electrons. The maximum absolute atomic E-state index is 12.3. The van der Waals surface area contributed by atoms with E-state index in [4.69, 9.17) is 4.52 Å². The van der Waals surface area contributed by atoms with Crippen molar-refractivity contribution < 1.29 is 9.32 Å². The van der Waals surface area contributed by atoms with Crippen LogP contribution in [0.5, 0.6) is 0 Å². The van der Waals surface area contributed by atoms with Gasteiger partial charge in [-0.3, -0.25) is 4.79 Å². The van der Waals surface area contributed by atoms with Crippen molar-refractivity contribution in [1.82, 2.24) is 10.5 Å². The first-order valence-corrected chi connectivity index (χ1v) is 8.39. The van der Waals surface area contributed by atoms with Gasteiger partial charge in [-0.2, -0.15) is 0 Å². The molecule has 0 saturated carbocycles. The smallest absolute Gasteiger partial charge is 0.252 e. The third-order valence-electron chi connectivity index (χ3n) is 3.36. The third-order valence-corrected chi connectivity index (χ3v) is 4.46. The average molecular weight is 318 g/mol. The standard InChI is InChI=1S/C17H22N2O2S/c1-11(2)9-18-17(20)14-7-5-6-8-16(14)22-10-15-12(3)19-21-13(15)4/h5-8,11H,9-10H2,1-4H3,(H,18,20). The molecule has 2 rings (SSSR count). The van der Waals surface area contributed by atoms with E-state index in [1.165, 1.54) is 0 Å². The Labute approximate surface area is 135 Å². The Morgan fingerprint density at radius 2 is 2.05 bits per heavy atom. The predicted octanol–water partition coefficient (Wildman–Crippen LogP) is 3.97. The lowest BCUT2D eigenvalue weighted by atomic mass is 10.2. The first-order valence-electron chi connectivity index (χ1n) is 7.40. The summed E-state index contributed by atoms with van der Waals surface area (Å²) in [4.78, 5) is 13.3. The summed E-state index contributed by atoms with van der Waals surface area (Å²) in [7, 11) is 0. The number of benzene rings is 1. The van der Waals surface area contributed by atoms with E-state index in [1.54, 1.807) is 11.8 Å². The van der Waals surface area contributed by atoms with Gasteiger partial charge in [-0.1, -0.05) is 31.1 Å². The highest BCUT2D eigenvalue weighted by Crippen LogP contribution is 2.28. The van der Waals surface area contributed by atoms with Gasteiger partial charge in [-0.05, 0) is 31.9 Å². The van der Waals surface area contributed by atoms with Crippen LogP contribution in [0.25, 0.3) is 0 Å². The monoisotopic (exact) mass is 318 g/mol. The Hall–Kier alpha value is -1.75. The highest BCUT2D eigenvalue weighted by atomic mass is 32.2. The zero-order valence-corrected chi connectivity index (χ0v) is 14.3. The highest BCUT2D eigenvalue weighted by molar-refractivity contribution is 7.98. The lowest BCUT2D eigenvalue weighted by Gasteiger charge is -2.11. The van der Waals surface area contributed by atoms with E-state index >= 15 is 0 Å². The van der Waals surface area contributed by atoms with Crippen molar-refractivity contribution in [3.8, 4) is 0 Å². The summed E-state index contributed by atoms with van der Waals surface area (Å²) in [5.74, 6) is 2.00. The molecule has 4 nitrogen and oxygen atoms in total. The topological polar surface area (TPSA) is 55.1 Å². The Morgan fingerprint density at radius 3 is 2.68 bits per heavy atom. The Balaban J connectivity index is 2.10. The van der Waals surface area contributed by atoms with E-state index in [1.807, 2.05) is 38.1 Å². The molecular weight excluding hydrogens is 296 g/mol. The van der Waals surface area contributed by atoms with Crippen LogP contribution in [-0.4, -0.2) is 17.6 Å². The van der Waals surface area contributed by atoms with Crippen LogP contribution in [0.4, 0.5) is 0 Å². The van der Waals surface area contributed by atoms with Crippen LogP contribution in [0.2, 0.25) is 0 Å². The summed E-state index contributed by atoms with van der Waals surface area (Å²) in [6.07, 6.45) is 0. The van der Waals surface area contributed by atoms with Gasteiger partial charge < -0.3 is 9.84 Å². The number of carbonyl (C=O) groups excluding carboxylic acids is 1. The number of carbonyl (C=O) groups is 1. The number of aromatic nitrogens is 1. The van der Waals surface area contributed by atoms with Gasteiger partial charge >= 0.3 is 0 Å². The molecule has 0 spiro atoms. The molecule has 1 aromatic carbocycles. The van der Waals surface area contributed by atoms with Gasteiger partial charge in [0, 0.05) is 22.8 Å². The number of aryl methyl sites for hydroxylation is 2. The molecule has 0 aliphatic rings. The van der Waals surface area contributed by atoms with Crippen LogP contribution in [0.15, 0.2) is 33.7 Å². The number of thioether (sulfide) groups is 1. The van der Waals surface area contributed by atoms with Gasteiger partial charge in [0.1, 0.15) is 5.76 Å². The van der Waals surface area contributed by atoms with Crippen LogP contribution in [-0.2, 0) is 5.75 Å². The number of hydrogen-bond acceptors (Lipinski definition) is 4. The van der Waals surface area contributed by atoms with Crippen molar-refractivity contribution in [3.63, 3.8) is 0 Å². The van der Waals surface area contributed by atoms with Crippen molar-refractivity contribution in [1.29, 1.82) is 0 Å². The molecule has 5 heteroatoms. The van der Waals surface area contributed by atoms with Crippen molar-refractivity contribution in [3.05, 3.63) is 46.8 Å². The fourth-order valence-corrected chi connectivity index (χ4v) is 3.23. The first kappa shape index (κ1) is 16.6. The van der Waals surface area contributed by atoms with Crippen LogP contribution in [0, 0.1) is 19.8 Å². The maximum Gasteiger partial charge on any atom is 0.252 e. The third kappa shape index (κ3) is 4.13. The lowest BCUT2D eigenvalue weighted by molar-refractivity contribution is 0.0946. The molecule has 1 aromatic heterocycles. The summed E-state index contributed by atoms with van der Waals surface area (Å²) < 4.78 is 5.18. The second-order valence-electron chi connectivity index (χ2n) is 5.69. The summed E-state index contributed by atoms with van der Waals surface area (Å²) in [6.45, 7) is 8.70. The van der Waals surface area contributed by atoms with Crippen molar-refractivity contribution in [2.24, 2.45) is 5.92 Å². The first-order chi connectivity index (χ1) is 10.5. The van der Waals surface area contributed by atoms with E-state index in [0.717, 1.165) is 33.2 Å². The summed E-state index contributed by atoms with van der Waals surface area (Å²) in [6, 6.07) is 7.69. The Bertz CT molecular complexity index is 630. The zero-order valence-electron chi connectivity index (χ0n) is 13.5. The molecule has 1 N–H and O–H groups in total. The highest BCUT2D eigenvalue weighted by Gasteiger charge is 2.14. The lowest BCUT2D eigenvalue weighted by Crippen LogP contribution is -2.27. The number of nitrogens with one attached hydrogen (secondary N) is 1. The molecule has 0 saturated heterocycles. The van der Waals surface area contributed by atoms with Crippen molar-refractivity contribution in [2.45, 2.75) is 38.3 Å². The second kappa shape index (κ2) is 7.49. The Kier molecular flexibility index (Phi) is 5.66. The SMILES string of the molecule is Cc1noc(C)c1CSc1ccccc1C(=O)NCC(C)C. The number of hydrogen-bond donors (Lipinski definition) is 1. The molecule has 0 atom stereocenters. The normalized spacial score (nSPS) is 11.0. The van der Waals surface area contributed by atoms with Crippen LogP contribution in [0.1, 0.15) is 41.2 Å². The van der Waals surface area contributed by atoms with Crippen molar-refractivity contribution >= 4 is 17.7 Å². The summed E-state index contributed by atoms with van der Waals surface area (Å²) >= 11 is 1.63. The minimum atomic E-state index is -0.0180. The number of rotatable bonds is 6. The van der Waals surface area contributed by atoms with Gasteiger partial charge in [-0.15, -0.1) is 11.8 Å². The predicted molar refractivity (Wildman–Crippen MR) is 89.2 cm³/mol. The van der Waals surface area contributed by atoms with Crippen LogP contribution < -0.4 is 5.32 Å². The second-order valence-corrected chi connectivity index (χ2v) is 6.71. The van der Waals surface area contributed by atoms with E-state index in [2.05, 4.69) is 24.3 Å². The molecular formula is C17H22N2O2S. The average Bonchev–Trinajstić information content (AvgIpc) is 2.82. The van der Waals surface area contributed by atoms with Crippen molar-refractivity contribution in [2.75, 3.05) is 6.54 Å². The van der Waals surface area contributed by atoms with E-state index in [-0.39, 0.29) is 5.91 Å². The summed E-state index contributed by atoms with van der Waals surface area (Å²) in [5.41, 5.74) is 2.73. The number of nitrogens with zero attached hydrogens (tertiary/aromatic N) is 1. The molecule has 0 aliphatic heterocycles. The van der Waals surface area contributed by atoms with Gasteiger partial charge in [-0.25, -0.2) is 0 Å². The van der Waals surface area contributed by atoms with Crippen LogP contribution >= 0.6 is 11.8 Å². The zero-order chi connectivity index (χ0) is 16.1. The fourth-order valence-electron chi connectivity index (χ4n) is 2.03. The molecule has 0 fully saturated rings. The van der Waals surface area contributed by atoms with Crippen LogP contribution in [0.3, 0.4) is 0 Å². The molecule has 118 valence electrons. The molecule has 2 aromatic rings. The Morgan fingerprint density at radius 1 is 1.32 bits per heavy atom. The quantitative estimate of drug-likeness (QED) is 0.819. The minimum Gasteiger partial charge on any atom is -0.361 e. The summed E-state index contributed by atoms with van der Waals surface area (Å²) in [5, 5.41) is 6.94. The molecule has 1 heterocycles. The maximum atomic E-state index is 12.3. The molecule has 0 unspecified atom stereocenters. The minimum absolute atomic E-state index is 0.0180. The van der Waals surface area contributed by atoms with Gasteiger partial charge in [0.25, 0.3) is 5.91 Å². The molecule has 22 heavy (non-hydrogen) atoms. The molecule has 1 amide bonds. The van der Waals surface area contributed by atoms with Gasteiger partial charge in [0.05, 0.1) is 11.3 Å². The van der Waals surface area contributed by atoms with Gasteiger partial charge in [0.15, 0.2) is 0 Å². The number of amides is 1. The largest absolute Gasteiger partial charge is 0.361 e.